The van der Waals surface area contributed by atoms with Crippen LogP contribution >= 0.6 is 15.6 Å². The summed E-state index contributed by atoms with van der Waals surface area (Å²) in [5.41, 5.74) is 0. The number of hydrogen-bond acceptors (Lipinski definition) is 15. The third-order valence-electron chi connectivity index (χ3n) is 17.6. The molecule has 0 rings (SSSR count). The second kappa shape index (κ2) is 80.3. The maximum absolute atomic E-state index is 13.1. The molecule has 3 N–H and O–H groups in total. The summed E-state index contributed by atoms with van der Waals surface area (Å²) >= 11 is 0. The maximum atomic E-state index is 13.1. The summed E-state index contributed by atoms with van der Waals surface area (Å²) in [6.45, 7) is 4.61. The molecule has 17 nitrogen and oxygen atoms in total. The zero-order valence-electron chi connectivity index (χ0n) is 68.0. The Hall–Kier alpha value is -4.80. The Morgan fingerprint density at radius 1 is 0.269 bits per heavy atom. The molecule has 0 amide bonds. The fraction of sp³-hybridized carbons (Fsp3) is 0.708. The second-order valence-corrected chi connectivity index (χ2v) is 30.9. The number of phosphoric acid groups is 2. The lowest BCUT2D eigenvalue weighted by Crippen LogP contribution is -2.30. The third kappa shape index (κ3) is 79.3. The topological polar surface area (TPSA) is 237 Å². The van der Waals surface area contributed by atoms with E-state index in [-0.39, 0.29) is 25.7 Å². The van der Waals surface area contributed by atoms with E-state index >= 15 is 0 Å². The molecule has 108 heavy (non-hydrogen) atoms. The molecular weight excluding hydrogens is 1400 g/mol. The first-order valence-corrected chi connectivity index (χ1v) is 45.4. The van der Waals surface area contributed by atoms with Crippen LogP contribution in [0, 0.1) is 0 Å². The van der Waals surface area contributed by atoms with Crippen molar-refractivity contribution in [3.63, 3.8) is 0 Å². The lowest BCUT2D eigenvalue weighted by atomic mass is 10.0. The molecule has 19 heteroatoms. The number of aliphatic hydroxyl groups is 1. The predicted molar refractivity (Wildman–Crippen MR) is 445 cm³/mol. The molecule has 0 bridgehead atoms. The van der Waals surface area contributed by atoms with Crippen molar-refractivity contribution >= 4 is 39.5 Å². The first-order chi connectivity index (χ1) is 52.7. The lowest BCUT2D eigenvalue weighted by Gasteiger charge is -2.21. The highest BCUT2D eigenvalue weighted by molar-refractivity contribution is 7.47. The monoisotopic (exact) mass is 1560 g/mol. The normalized spacial score (nSPS) is 14.5. The number of ether oxygens (including phenoxy) is 4. The number of esters is 4. The molecule has 0 aromatic heterocycles. The van der Waals surface area contributed by atoms with Crippen molar-refractivity contribution < 1.29 is 80.2 Å². The van der Waals surface area contributed by atoms with Crippen molar-refractivity contribution in [1.82, 2.24) is 0 Å². The summed E-state index contributed by atoms with van der Waals surface area (Å²) < 4.78 is 68.8. The fourth-order valence-corrected chi connectivity index (χ4v) is 12.8. The first-order valence-electron chi connectivity index (χ1n) is 42.4. The Morgan fingerprint density at radius 3 is 0.759 bits per heavy atom. The number of carbonyl (C=O) groups excluding carboxylic acids is 4. The zero-order valence-corrected chi connectivity index (χ0v) is 69.8. The molecule has 0 fully saturated rings. The van der Waals surface area contributed by atoms with Crippen LogP contribution in [-0.4, -0.2) is 96.7 Å². The minimum absolute atomic E-state index is 0.0742. The van der Waals surface area contributed by atoms with Crippen molar-refractivity contribution in [3.05, 3.63) is 134 Å². The average molecular weight is 1560 g/mol. The Balaban J connectivity index is 5.40. The highest BCUT2D eigenvalue weighted by Gasteiger charge is 2.30. The van der Waals surface area contributed by atoms with E-state index in [9.17, 15) is 43.2 Å². The average Bonchev–Trinajstić information content (AvgIpc) is 0.892. The van der Waals surface area contributed by atoms with Gasteiger partial charge in [0.05, 0.1) is 26.4 Å². The van der Waals surface area contributed by atoms with Gasteiger partial charge in [0.15, 0.2) is 12.2 Å². The molecule has 0 aliphatic heterocycles. The van der Waals surface area contributed by atoms with Crippen molar-refractivity contribution in [2.24, 2.45) is 0 Å². The molecular formula is C89H152O17P2. The van der Waals surface area contributed by atoms with Crippen molar-refractivity contribution in [3.8, 4) is 0 Å². The number of phosphoric ester groups is 2. The van der Waals surface area contributed by atoms with E-state index in [0.29, 0.717) is 25.7 Å². The largest absolute Gasteiger partial charge is 0.472 e. The maximum Gasteiger partial charge on any atom is 0.472 e. The highest BCUT2D eigenvalue weighted by atomic mass is 31.2. The summed E-state index contributed by atoms with van der Waals surface area (Å²) in [4.78, 5) is 73.2. The summed E-state index contributed by atoms with van der Waals surface area (Å²) in [6.07, 6.45) is 91.2. The fourth-order valence-electron chi connectivity index (χ4n) is 11.2. The van der Waals surface area contributed by atoms with Gasteiger partial charge in [-0.05, 0) is 141 Å². The summed E-state index contributed by atoms with van der Waals surface area (Å²) in [6, 6.07) is 0. The molecule has 0 heterocycles. The van der Waals surface area contributed by atoms with Crippen LogP contribution in [0.2, 0.25) is 0 Å². The van der Waals surface area contributed by atoms with E-state index in [2.05, 4.69) is 161 Å². The van der Waals surface area contributed by atoms with Gasteiger partial charge >= 0.3 is 39.5 Å². The first kappa shape index (κ1) is 103. The number of hydrogen-bond donors (Lipinski definition) is 3. The van der Waals surface area contributed by atoms with Gasteiger partial charge in [0.2, 0.25) is 0 Å². The smallest absolute Gasteiger partial charge is 0.462 e. The minimum atomic E-state index is -4.99. The Labute approximate surface area is 656 Å². The van der Waals surface area contributed by atoms with Gasteiger partial charge in [0, 0.05) is 25.7 Å². The third-order valence-corrected chi connectivity index (χ3v) is 19.5. The molecule has 0 saturated carbocycles. The number of carbonyl (C=O) groups is 4. The van der Waals surface area contributed by atoms with Crippen LogP contribution in [-0.2, 0) is 65.4 Å². The second-order valence-electron chi connectivity index (χ2n) is 28.0. The number of allylic oxidation sites excluding steroid dienone is 22. The molecule has 0 saturated heterocycles. The van der Waals surface area contributed by atoms with E-state index < -0.39 is 97.5 Å². The van der Waals surface area contributed by atoms with Crippen molar-refractivity contribution in [1.29, 1.82) is 0 Å². The van der Waals surface area contributed by atoms with Gasteiger partial charge in [-0.3, -0.25) is 37.3 Å². The van der Waals surface area contributed by atoms with Crippen LogP contribution in [0.25, 0.3) is 0 Å². The van der Waals surface area contributed by atoms with Crippen LogP contribution in [0.5, 0.6) is 0 Å². The Morgan fingerprint density at radius 2 is 0.481 bits per heavy atom. The Kier molecular flexibility index (Phi) is 76.7. The quantitative estimate of drug-likeness (QED) is 0.0169. The molecule has 0 aliphatic rings. The Bertz CT molecular complexity index is 2560. The van der Waals surface area contributed by atoms with Crippen LogP contribution in [0.4, 0.5) is 0 Å². The van der Waals surface area contributed by atoms with E-state index in [1.807, 2.05) is 0 Å². The lowest BCUT2D eigenvalue weighted by molar-refractivity contribution is -0.161. The molecule has 0 aliphatic carbocycles. The molecule has 0 aromatic carbocycles. The number of rotatable bonds is 79. The van der Waals surface area contributed by atoms with Gasteiger partial charge < -0.3 is 33.8 Å². The van der Waals surface area contributed by atoms with Crippen molar-refractivity contribution in [2.45, 2.75) is 367 Å². The zero-order chi connectivity index (χ0) is 78.9. The van der Waals surface area contributed by atoms with Crippen molar-refractivity contribution in [2.75, 3.05) is 39.6 Å². The van der Waals surface area contributed by atoms with E-state index in [1.165, 1.54) is 70.6 Å². The van der Waals surface area contributed by atoms with Gasteiger partial charge in [-0.15, -0.1) is 0 Å². The minimum Gasteiger partial charge on any atom is -0.462 e. The molecule has 620 valence electrons. The summed E-state index contributed by atoms with van der Waals surface area (Å²) in [5.74, 6) is -2.22. The van der Waals surface area contributed by atoms with Crippen LogP contribution in [0.1, 0.15) is 349 Å². The van der Waals surface area contributed by atoms with Crippen LogP contribution in [0.15, 0.2) is 134 Å². The van der Waals surface area contributed by atoms with E-state index in [1.54, 1.807) is 0 Å². The predicted octanol–water partition coefficient (Wildman–Crippen LogP) is 25.2. The van der Waals surface area contributed by atoms with E-state index in [0.717, 1.165) is 199 Å². The van der Waals surface area contributed by atoms with Gasteiger partial charge in [-0.2, -0.15) is 0 Å². The molecule has 5 atom stereocenters. The molecule has 0 spiro atoms. The van der Waals surface area contributed by atoms with Crippen LogP contribution < -0.4 is 0 Å². The molecule has 0 radical (unpaired) electrons. The summed E-state index contributed by atoms with van der Waals surface area (Å²) in [7, 11) is -9.98. The molecule has 0 aromatic rings. The summed E-state index contributed by atoms with van der Waals surface area (Å²) in [5, 5.41) is 10.7. The highest BCUT2D eigenvalue weighted by Crippen LogP contribution is 2.45. The van der Waals surface area contributed by atoms with Gasteiger partial charge in [-0.25, -0.2) is 9.13 Å². The van der Waals surface area contributed by atoms with Gasteiger partial charge in [0.25, 0.3) is 0 Å². The SMILES string of the molecule is CC/C=C\C/C=C\C/C=C\C/C=C\CCCCCCCCC(=O)OCC(COP(=O)(O)OCC(O)COP(=O)(O)OCC(COC(=O)CCCCCC/C=C\C/C=C\C/C=C\C/C=C\CC)OC(=O)CCCCCCCCCCCCCCC)OC(=O)CCCCCCCC/C=C\C/C=C\C/C=C\CCCCC. The van der Waals surface area contributed by atoms with E-state index in [4.69, 9.17) is 37.0 Å². The number of unbranched alkanes of at least 4 members (excludes halogenated alkanes) is 31. The van der Waals surface area contributed by atoms with Gasteiger partial charge in [0.1, 0.15) is 19.3 Å². The molecule has 5 unspecified atom stereocenters. The standard InChI is InChI=1S/C89H152O17P2/c1-5-9-13-17-21-25-29-33-36-39-41-44-47-51-54-58-62-66-70-74-87(92)100-80-85(106-89(94)76-72-68-64-60-56-52-48-45-42-40-37-34-30-26-22-18-14-10-6-2)82-104-108(97,98)102-78-83(90)77-101-107(95,96)103-81-84(105-88(93)75-71-67-63-59-55-49-32-28-24-20-16-12-8-4)79-99-86(91)73-69-65-61-57-53-50-46-43-38-35-31-27-23-19-15-11-7-3/h9,11,13,15,21-23,25-27,33-38,41-42,44-46,50,83-85,90H,5-8,10,12,14,16-20,24,28-32,39-40,43,47-49,51-82H2,1-4H3,(H,95,96)(H,97,98)/b13-9-,15-11-,25-21-,26-22-,27-23-,36-33-,37-34-,38-35-,44-41-,45-42-,50-46-. The van der Waals surface area contributed by atoms with Gasteiger partial charge in [-0.1, -0.05) is 315 Å². The van der Waals surface area contributed by atoms with Crippen LogP contribution in [0.3, 0.4) is 0 Å². The number of aliphatic hydroxyl groups excluding tert-OH is 1.